The molecule has 0 fully saturated rings. The van der Waals surface area contributed by atoms with E-state index >= 15 is 0 Å². The van der Waals surface area contributed by atoms with Crippen molar-refractivity contribution in [1.82, 2.24) is 4.70 Å². The van der Waals surface area contributed by atoms with Crippen LogP contribution in [-0.2, 0) is 12.4 Å². The van der Waals surface area contributed by atoms with Gasteiger partial charge in [-0.2, -0.15) is 26.3 Å². The zero-order chi connectivity index (χ0) is 20.8. The van der Waals surface area contributed by atoms with E-state index in [1.165, 1.54) is 29.0 Å². The lowest BCUT2D eigenvalue weighted by Gasteiger charge is -2.09. The van der Waals surface area contributed by atoms with Gasteiger partial charge in [0.1, 0.15) is 0 Å². The normalized spacial score (nSPS) is 16.5. The summed E-state index contributed by atoms with van der Waals surface area (Å²) in [5.74, 6) is 0. The van der Waals surface area contributed by atoms with E-state index in [1.807, 2.05) is 0 Å². The number of para-hydroxylation sites is 1. The molecule has 8 heteroatoms. The number of azo groups is 2. The lowest BCUT2D eigenvalue weighted by Crippen LogP contribution is -2.06. The van der Waals surface area contributed by atoms with Crippen LogP contribution >= 0.6 is 0 Å². The summed E-state index contributed by atoms with van der Waals surface area (Å²) in [4.78, 5) is 0. The SMILES string of the molecule is FC(F)(F)c1ccc(C2N=[N+](c3cccc(C(F)(F)F)c3)c3ccccc32)cc1. The van der Waals surface area contributed by atoms with Gasteiger partial charge in [0, 0.05) is 18.2 Å². The van der Waals surface area contributed by atoms with E-state index in [-0.39, 0.29) is 5.69 Å². The molecule has 3 aromatic rings. The molecular weight excluding hydrogens is 394 g/mol. The number of rotatable bonds is 2. The average molecular weight is 407 g/mol. The molecule has 0 saturated heterocycles. The quantitative estimate of drug-likeness (QED) is 0.318. The molecule has 0 N–H and O–H groups in total. The number of nitrogens with zero attached hydrogens (tertiary/aromatic N) is 2. The molecule has 1 aliphatic heterocycles. The smallest absolute Gasteiger partial charge is 0.166 e. The molecule has 0 radical (unpaired) electrons. The van der Waals surface area contributed by atoms with Gasteiger partial charge in [0.2, 0.25) is 11.4 Å². The third kappa shape index (κ3) is 3.62. The summed E-state index contributed by atoms with van der Waals surface area (Å²) in [5, 5.41) is 4.50. The van der Waals surface area contributed by atoms with Crippen molar-refractivity contribution in [2.45, 2.75) is 18.4 Å². The molecule has 0 aromatic heterocycles. The van der Waals surface area contributed by atoms with Crippen molar-refractivity contribution in [2.24, 2.45) is 5.11 Å². The summed E-state index contributed by atoms with van der Waals surface area (Å²) < 4.78 is 79.1. The Bertz CT molecular complexity index is 1080. The van der Waals surface area contributed by atoms with Crippen molar-refractivity contribution in [3.05, 3.63) is 95.1 Å². The van der Waals surface area contributed by atoms with Gasteiger partial charge in [0.25, 0.3) is 0 Å². The fourth-order valence-corrected chi connectivity index (χ4v) is 3.27. The standard InChI is InChI=1S/C21H13F6N2/c22-20(23,24)14-10-8-13(9-11-14)19-17-6-1-2-7-18(17)29(28-19)16-5-3-4-15(12-16)21(25,26)27/h1-12,19H/q+1. The number of benzene rings is 3. The van der Waals surface area contributed by atoms with Crippen LogP contribution in [0, 0.1) is 0 Å². The highest BCUT2D eigenvalue weighted by atomic mass is 19.4. The molecule has 0 aliphatic carbocycles. The summed E-state index contributed by atoms with van der Waals surface area (Å²) in [7, 11) is 0. The minimum atomic E-state index is -4.50. The summed E-state index contributed by atoms with van der Waals surface area (Å²) >= 11 is 0. The van der Waals surface area contributed by atoms with Gasteiger partial charge in [-0.3, -0.25) is 0 Å². The Hall–Kier alpha value is -3.16. The second-order valence-corrected chi connectivity index (χ2v) is 6.56. The van der Waals surface area contributed by atoms with Crippen LogP contribution in [0.5, 0.6) is 0 Å². The molecule has 3 aromatic carbocycles. The molecule has 0 saturated carbocycles. The second-order valence-electron chi connectivity index (χ2n) is 6.56. The van der Waals surface area contributed by atoms with Gasteiger partial charge in [-0.05, 0) is 39.6 Å². The molecule has 0 bridgehead atoms. The highest BCUT2D eigenvalue weighted by Crippen LogP contribution is 2.42. The third-order valence-electron chi connectivity index (χ3n) is 4.66. The highest BCUT2D eigenvalue weighted by molar-refractivity contribution is 5.61. The number of hydrogen-bond donors (Lipinski definition) is 0. The summed E-state index contributed by atoms with van der Waals surface area (Å²) in [6.07, 6.45) is -8.95. The lowest BCUT2D eigenvalue weighted by atomic mass is 9.98. The number of alkyl halides is 6. The van der Waals surface area contributed by atoms with Gasteiger partial charge in [0.15, 0.2) is 6.04 Å². The van der Waals surface area contributed by atoms with E-state index in [0.29, 0.717) is 16.8 Å². The number of halogens is 6. The van der Waals surface area contributed by atoms with Crippen molar-refractivity contribution < 1.29 is 26.3 Å². The van der Waals surface area contributed by atoms with Crippen LogP contribution in [0.15, 0.2) is 77.9 Å². The topological polar surface area (TPSA) is 15.4 Å². The van der Waals surface area contributed by atoms with Crippen LogP contribution in [-0.4, -0.2) is 0 Å². The van der Waals surface area contributed by atoms with E-state index < -0.39 is 29.5 Å². The first kappa shape index (κ1) is 19.2. The van der Waals surface area contributed by atoms with E-state index in [1.54, 1.807) is 24.3 Å². The molecule has 2 nitrogen and oxygen atoms in total. The van der Waals surface area contributed by atoms with Crippen molar-refractivity contribution in [3.8, 4) is 0 Å². The predicted octanol–water partition coefficient (Wildman–Crippen LogP) is 7.11. The van der Waals surface area contributed by atoms with Crippen molar-refractivity contribution in [3.63, 3.8) is 0 Å². The molecule has 148 valence electrons. The molecule has 29 heavy (non-hydrogen) atoms. The van der Waals surface area contributed by atoms with Crippen molar-refractivity contribution >= 4 is 11.4 Å². The molecule has 1 unspecified atom stereocenters. The third-order valence-corrected chi connectivity index (χ3v) is 4.66. The van der Waals surface area contributed by atoms with Crippen LogP contribution in [0.1, 0.15) is 28.3 Å². The second kappa shape index (κ2) is 6.72. The maximum Gasteiger partial charge on any atom is 0.416 e. The molecule has 1 atom stereocenters. The molecule has 1 heterocycles. The zero-order valence-electron chi connectivity index (χ0n) is 14.7. The van der Waals surface area contributed by atoms with Crippen molar-refractivity contribution in [2.75, 3.05) is 0 Å². The first-order valence-corrected chi connectivity index (χ1v) is 8.59. The van der Waals surface area contributed by atoms with Crippen LogP contribution in [0.25, 0.3) is 0 Å². The van der Waals surface area contributed by atoms with Gasteiger partial charge >= 0.3 is 12.4 Å². The summed E-state index contributed by atoms with van der Waals surface area (Å²) in [6, 6.07) is 15.7. The molecular formula is C21H13F6N2+. The Morgan fingerprint density at radius 1 is 0.690 bits per heavy atom. The monoisotopic (exact) mass is 407 g/mol. The largest absolute Gasteiger partial charge is 0.416 e. The van der Waals surface area contributed by atoms with Crippen LogP contribution < -0.4 is 4.70 Å². The number of hydrogen-bond acceptors (Lipinski definition) is 1. The fourth-order valence-electron chi connectivity index (χ4n) is 3.27. The number of fused-ring (bicyclic) bond motifs is 1. The zero-order valence-corrected chi connectivity index (χ0v) is 14.7. The Kier molecular flexibility index (Phi) is 4.44. The van der Waals surface area contributed by atoms with Crippen molar-refractivity contribution in [1.29, 1.82) is 0 Å². The Morgan fingerprint density at radius 3 is 2.00 bits per heavy atom. The van der Waals surface area contributed by atoms with E-state index in [0.717, 1.165) is 24.3 Å². The first-order chi connectivity index (χ1) is 13.6. The van der Waals surface area contributed by atoms with E-state index in [9.17, 15) is 26.3 Å². The average Bonchev–Trinajstić information content (AvgIpc) is 3.07. The van der Waals surface area contributed by atoms with Gasteiger partial charge in [-0.1, -0.05) is 30.3 Å². The summed E-state index contributed by atoms with van der Waals surface area (Å²) in [5.41, 5.74) is 0.436. The van der Waals surface area contributed by atoms with E-state index in [2.05, 4.69) is 5.11 Å². The van der Waals surface area contributed by atoms with Gasteiger partial charge in [-0.25, -0.2) is 0 Å². The van der Waals surface area contributed by atoms with E-state index in [4.69, 9.17) is 0 Å². The summed E-state index contributed by atoms with van der Waals surface area (Å²) in [6.45, 7) is 0. The van der Waals surface area contributed by atoms with Gasteiger partial charge < -0.3 is 0 Å². The lowest BCUT2D eigenvalue weighted by molar-refractivity contribution is -0.138. The Labute approximate surface area is 161 Å². The predicted molar refractivity (Wildman–Crippen MR) is 95.1 cm³/mol. The maximum absolute atomic E-state index is 13.1. The minimum Gasteiger partial charge on any atom is -0.166 e. The highest BCUT2D eigenvalue weighted by Gasteiger charge is 2.38. The van der Waals surface area contributed by atoms with Crippen LogP contribution in [0.4, 0.5) is 37.7 Å². The van der Waals surface area contributed by atoms with Crippen LogP contribution in [0.3, 0.4) is 0 Å². The maximum atomic E-state index is 13.1. The Morgan fingerprint density at radius 2 is 1.34 bits per heavy atom. The molecule has 4 rings (SSSR count). The van der Waals surface area contributed by atoms with Crippen LogP contribution in [0.2, 0.25) is 0 Å². The first-order valence-electron chi connectivity index (χ1n) is 8.59. The Balaban J connectivity index is 1.79. The van der Waals surface area contributed by atoms with Gasteiger partial charge in [0.05, 0.1) is 16.7 Å². The molecule has 1 aliphatic rings. The fraction of sp³-hybridized carbons (Fsp3) is 0.143. The molecule has 0 amide bonds. The molecule has 0 spiro atoms. The minimum absolute atomic E-state index is 0.224. The van der Waals surface area contributed by atoms with Gasteiger partial charge in [-0.15, -0.1) is 0 Å².